The normalized spacial score (nSPS) is 11.3. The van der Waals surface area contributed by atoms with Crippen LogP contribution in [0.1, 0.15) is 6.92 Å². The Morgan fingerprint density at radius 2 is 1.86 bits per heavy atom. The summed E-state index contributed by atoms with van der Waals surface area (Å²) in [5.74, 6) is -2.48. The molecule has 0 bridgehead atoms. The summed E-state index contributed by atoms with van der Waals surface area (Å²) in [7, 11) is 1.49. The van der Waals surface area contributed by atoms with E-state index in [1.54, 1.807) is 0 Å². The van der Waals surface area contributed by atoms with Crippen LogP contribution in [-0.2, 0) is 23.9 Å². The third-order valence-electron chi connectivity index (χ3n) is 2.06. The van der Waals surface area contributed by atoms with Crippen molar-refractivity contribution in [3.8, 4) is 0 Å². The average Bonchev–Trinajstić information content (AvgIpc) is 2.37. The predicted molar refractivity (Wildman–Crippen MR) is 69.5 cm³/mol. The summed E-state index contributed by atoms with van der Waals surface area (Å²) in [4.78, 5) is 44.2. The van der Waals surface area contributed by atoms with Crippen molar-refractivity contribution in [2.45, 2.75) is 13.0 Å². The van der Waals surface area contributed by atoms with E-state index in [4.69, 9.17) is 9.84 Å². The molecule has 0 saturated carbocycles. The second kappa shape index (κ2) is 10.6. The van der Waals surface area contributed by atoms with E-state index in [2.05, 4.69) is 15.4 Å². The van der Waals surface area contributed by atoms with E-state index in [1.165, 1.54) is 14.0 Å². The zero-order valence-corrected chi connectivity index (χ0v) is 11.8. The van der Waals surface area contributed by atoms with Crippen LogP contribution in [0, 0.1) is 0 Å². The van der Waals surface area contributed by atoms with Gasteiger partial charge < -0.3 is 25.2 Å². The zero-order valence-electron chi connectivity index (χ0n) is 11.8. The van der Waals surface area contributed by atoms with Gasteiger partial charge in [-0.1, -0.05) is 0 Å². The second-order valence-electron chi connectivity index (χ2n) is 3.91. The number of carboxylic acid groups (broad SMARTS) is 1. The number of urea groups is 1. The highest BCUT2D eigenvalue weighted by Crippen LogP contribution is 1.83. The number of rotatable bonds is 9. The number of imide groups is 1. The van der Waals surface area contributed by atoms with Crippen molar-refractivity contribution in [3.05, 3.63) is 0 Å². The minimum atomic E-state index is -1.23. The molecule has 0 aromatic heterocycles. The molecule has 1 unspecified atom stereocenters. The van der Waals surface area contributed by atoms with Gasteiger partial charge in [0.1, 0.15) is 19.3 Å². The number of hydrogen-bond donors (Lipinski definition) is 4. The lowest BCUT2D eigenvalue weighted by molar-refractivity contribution is -0.143. The standard InChI is InChI=1S/C11H19N3O7/c1-7(10(18)12-3-4-20-2)13-11(19)14-8(15)5-21-6-9(16)17/h7H,3-6H2,1-2H3,(H,12,18)(H,16,17)(H2,13,14,15,19). The van der Waals surface area contributed by atoms with Crippen molar-refractivity contribution in [1.82, 2.24) is 16.0 Å². The van der Waals surface area contributed by atoms with Gasteiger partial charge in [-0.15, -0.1) is 0 Å². The summed E-state index contributed by atoms with van der Waals surface area (Å²) in [6.45, 7) is 0.851. The molecule has 0 heterocycles. The Kier molecular flexibility index (Phi) is 9.46. The molecule has 1 atom stereocenters. The Morgan fingerprint density at radius 1 is 1.19 bits per heavy atom. The average molecular weight is 305 g/mol. The molecule has 4 amide bonds. The predicted octanol–water partition coefficient (Wildman–Crippen LogP) is -1.94. The molecule has 0 aliphatic heterocycles. The molecule has 0 aromatic rings. The van der Waals surface area contributed by atoms with Gasteiger partial charge in [-0.2, -0.15) is 0 Å². The number of carboxylic acids is 1. The van der Waals surface area contributed by atoms with Crippen molar-refractivity contribution in [2.75, 3.05) is 33.5 Å². The van der Waals surface area contributed by atoms with Crippen LogP contribution in [-0.4, -0.2) is 68.4 Å². The summed E-state index contributed by atoms with van der Waals surface area (Å²) in [6.07, 6.45) is 0. The van der Waals surface area contributed by atoms with E-state index >= 15 is 0 Å². The fourth-order valence-electron chi connectivity index (χ4n) is 1.12. The molecule has 0 aliphatic rings. The fraction of sp³-hybridized carbons (Fsp3) is 0.636. The van der Waals surface area contributed by atoms with E-state index in [0.29, 0.717) is 13.2 Å². The van der Waals surface area contributed by atoms with Crippen LogP contribution >= 0.6 is 0 Å². The van der Waals surface area contributed by atoms with Gasteiger partial charge in [0.2, 0.25) is 5.91 Å². The Hall–Kier alpha value is -2.20. The molecular weight excluding hydrogens is 286 g/mol. The first kappa shape index (κ1) is 18.8. The summed E-state index contributed by atoms with van der Waals surface area (Å²) in [5, 5.41) is 14.9. The van der Waals surface area contributed by atoms with Crippen LogP contribution in [0.15, 0.2) is 0 Å². The van der Waals surface area contributed by atoms with E-state index in [1.807, 2.05) is 5.32 Å². The Bertz CT molecular complexity index is 386. The third-order valence-corrected chi connectivity index (χ3v) is 2.06. The molecule has 0 radical (unpaired) electrons. The van der Waals surface area contributed by atoms with E-state index in [0.717, 1.165) is 0 Å². The number of methoxy groups -OCH3 is 1. The molecule has 0 aliphatic carbocycles. The van der Waals surface area contributed by atoms with Gasteiger partial charge in [-0.3, -0.25) is 14.9 Å². The zero-order chi connectivity index (χ0) is 16.3. The van der Waals surface area contributed by atoms with Crippen LogP contribution in [0.2, 0.25) is 0 Å². The number of carbonyl (C=O) groups is 4. The largest absolute Gasteiger partial charge is 0.480 e. The highest BCUT2D eigenvalue weighted by molar-refractivity contribution is 5.96. The van der Waals surface area contributed by atoms with Crippen molar-refractivity contribution in [1.29, 1.82) is 0 Å². The van der Waals surface area contributed by atoms with E-state index in [-0.39, 0.29) is 0 Å². The summed E-state index contributed by atoms with van der Waals surface area (Å²) in [5.41, 5.74) is 0. The SMILES string of the molecule is COCCNC(=O)C(C)NC(=O)NC(=O)COCC(=O)O. The quantitative estimate of drug-likeness (QED) is 0.363. The van der Waals surface area contributed by atoms with Crippen LogP contribution < -0.4 is 16.0 Å². The van der Waals surface area contributed by atoms with Gasteiger partial charge in [-0.05, 0) is 6.92 Å². The van der Waals surface area contributed by atoms with E-state index in [9.17, 15) is 19.2 Å². The number of amides is 4. The lowest BCUT2D eigenvalue weighted by Crippen LogP contribution is -2.50. The minimum absolute atomic E-state index is 0.297. The molecule has 0 spiro atoms. The second-order valence-corrected chi connectivity index (χ2v) is 3.91. The molecule has 10 nitrogen and oxygen atoms in total. The Labute approximate surface area is 121 Å². The smallest absolute Gasteiger partial charge is 0.329 e. The molecular formula is C11H19N3O7. The fourth-order valence-corrected chi connectivity index (χ4v) is 1.12. The van der Waals surface area contributed by atoms with Gasteiger partial charge >= 0.3 is 12.0 Å². The van der Waals surface area contributed by atoms with Crippen LogP contribution in [0.25, 0.3) is 0 Å². The molecule has 0 aromatic carbocycles. The number of aliphatic carboxylic acids is 1. The Morgan fingerprint density at radius 3 is 2.43 bits per heavy atom. The number of nitrogens with one attached hydrogen (secondary N) is 3. The lowest BCUT2D eigenvalue weighted by Gasteiger charge is -2.14. The molecule has 120 valence electrons. The maximum Gasteiger partial charge on any atom is 0.329 e. The van der Waals surface area contributed by atoms with Gasteiger partial charge in [0.05, 0.1) is 6.61 Å². The van der Waals surface area contributed by atoms with Gasteiger partial charge in [0, 0.05) is 13.7 Å². The lowest BCUT2D eigenvalue weighted by atomic mass is 10.3. The van der Waals surface area contributed by atoms with Crippen molar-refractivity contribution in [3.63, 3.8) is 0 Å². The van der Waals surface area contributed by atoms with Crippen molar-refractivity contribution >= 4 is 23.8 Å². The third kappa shape index (κ3) is 10.3. The molecule has 0 fully saturated rings. The maximum atomic E-state index is 11.5. The summed E-state index contributed by atoms with van der Waals surface area (Å²) < 4.78 is 9.24. The molecule has 0 rings (SSSR count). The first-order chi connectivity index (χ1) is 9.86. The van der Waals surface area contributed by atoms with Crippen molar-refractivity contribution in [2.24, 2.45) is 0 Å². The summed E-state index contributed by atoms with van der Waals surface area (Å²) >= 11 is 0. The molecule has 4 N–H and O–H groups in total. The van der Waals surface area contributed by atoms with Gasteiger partial charge in [0.25, 0.3) is 5.91 Å². The van der Waals surface area contributed by atoms with Crippen LogP contribution in [0.5, 0.6) is 0 Å². The van der Waals surface area contributed by atoms with Crippen LogP contribution in [0.4, 0.5) is 4.79 Å². The minimum Gasteiger partial charge on any atom is -0.480 e. The van der Waals surface area contributed by atoms with Gasteiger partial charge in [0.15, 0.2) is 0 Å². The maximum absolute atomic E-state index is 11.5. The number of carbonyl (C=O) groups excluding carboxylic acids is 3. The highest BCUT2D eigenvalue weighted by atomic mass is 16.5. The highest BCUT2D eigenvalue weighted by Gasteiger charge is 2.16. The van der Waals surface area contributed by atoms with Crippen LogP contribution in [0.3, 0.4) is 0 Å². The first-order valence-electron chi connectivity index (χ1n) is 6.03. The molecule has 21 heavy (non-hydrogen) atoms. The summed E-state index contributed by atoms with van der Waals surface area (Å²) in [6, 6.07) is -1.73. The topological polar surface area (TPSA) is 143 Å². The van der Waals surface area contributed by atoms with Crippen molar-refractivity contribution < 1.29 is 33.8 Å². The van der Waals surface area contributed by atoms with E-state index < -0.39 is 43.1 Å². The molecule has 10 heteroatoms. The number of ether oxygens (including phenoxy) is 2. The molecule has 0 saturated heterocycles. The Balaban J connectivity index is 3.93. The first-order valence-corrected chi connectivity index (χ1v) is 6.03. The monoisotopic (exact) mass is 305 g/mol. The number of hydrogen-bond acceptors (Lipinski definition) is 6. The van der Waals surface area contributed by atoms with Gasteiger partial charge in [-0.25, -0.2) is 9.59 Å².